The minimum absolute atomic E-state index is 0.290. The van der Waals surface area contributed by atoms with Crippen LogP contribution in [-0.2, 0) is 6.54 Å². The molecule has 7 heteroatoms. The predicted molar refractivity (Wildman–Crippen MR) is 54.7 cm³/mol. The van der Waals surface area contributed by atoms with E-state index in [0.29, 0.717) is 10.9 Å². The van der Waals surface area contributed by atoms with Gasteiger partial charge in [0.15, 0.2) is 0 Å². The molecule has 0 bridgehead atoms. The van der Waals surface area contributed by atoms with Gasteiger partial charge in [0, 0.05) is 11.4 Å². The maximum atomic E-state index is 12.0. The molecule has 0 radical (unpaired) electrons. The normalized spacial score (nSPS) is 12.4. The molecule has 0 spiro atoms. The number of halogens is 4. The zero-order chi connectivity index (χ0) is 10.8. The lowest BCUT2D eigenvalue weighted by Crippen LogP contribution is -2.34. The van der Waals surface area contributed by atoms with Gasteiger partial charge in [-0.3, -0.25) is 0 Å². The highest BCUT2D eigenvalue weighted by Gasteiger charge is 2.24. The average molecular weight is 242 g/mol. The molecule has 1 heterocycles. The fourth-order valence-electron chi connectivity index (χ4n) is 1.12. The van der Waals surface area contributed by atoms with E-state index in [0.717, 1.165) is 4.88 Å². The van der Waals surface area contributed by atoms with Crippen LogP contribution in [0.5, 0.6) is 0 Å². The minimum atomic E-state index is -4.74. The van der Waals surface area contributed by atoms with Crippen LogP contribution in [0.4, 0.5) is 12.9 Å². The van der Waals surface area contributed by atoms with Crippen molar-refractivity contribution in [2.45, 2.75) is 6.54 Å². The first-order chi connectivity index (χ1) is 6.37. The highest BCUT2D eigenvalue weighted by Crippen LogP contribution is 2.23. The molecule has 0 unspecified atom stereocenters. The number of hydrogen-bond donors (Lipinski definition) is 0. The van der Waals surface area contributed by atoms with E-state index in [-0.39, 0.29) is 0 Å². The Kier molecular flexibility index (Phi) is 3.86. The summed E-state index contributed by atoms with van der Waals surface area (Å²) in [4.78, 5) is 2.08. The molecule has 80 valence electrons. The summed E-state index contributed by atoms with van der Waals surface area (Å²) in [6, 6.07) is 3.43. The maximum absolute atomic E-state index is 12.0. The van der Waals surface area contributed by atoms with Gasteiger partial charge in [-0.2, -0.15) is 0 Å². The van der Waals surface area contributed by atoms with Gasteiger partial charge < -0.3 is 17.8 Å². The second-order valence-electron chi connectivity index (χ2n) is 3.11. The van der Waals surface area contributed by atoms with Crippen LogP contribution in [0.25, 0.3) is 0 Å². The number of rotatable bonds is 4. The van der Waals surface area contributed by atoms with E-state index in [2.05, 4.69) is 0 Å². The van der Waals surface area contributed by atoms with Crippen molar-refractivity contribution in [3.8, 4) is 0 Å². The van der Waals surface area contributed by atoms with Crippen LogP contribution >= 0.6 is 22.9 Å². The maximum Gasteiger partial charge on any atom is 0.492 e. The molecule has 0 saturated heterocycles. The lowest BCUT2D eigenvalue weighted by Gasteiger charge is -2.22. The van der Waals surface area contributed by atoms with Crippen molar-refractivity contribution in [1.82, 2.24) is 4.90 Å². The molecule has 0 aromatic carbocycles. The van der Waals surface area contributed by atoms with Crippen molar-refractivity contribution in [3.05, 3.63) is 21.3 Å². The molecule has 0 amide bonds. The molecular weight excluding hydrogens is 233 g/mol. The molecular formula is C7H9BClF3NS-. The Morgan fingerprint density at radius 2 is 2.07 bits per heavy atom. The minimum Gasteiger partial charge on any atom is -0.448 e. The summed E-state index contributed by atoms with van der Waals surface area (Å²) in [7, 11) is 1.45. The van der Waals surface area contributed by atoms with Crippen LogP contribution in [0.15, 0.2) is 12.1 Å². The van der Waals surface area contributed by atoms with Gasteiger partial charge in [-0.05, 0) is 25.6 Å². The first kappa shape index (κ1) is 11.9. The zero-order valence-corrected chi connectivity index (χ0v) is 9.09. The molecule has 1 aromatic heterocycles. The summed E-state index contributed by atoms with van der Waals surface area (Å²) < 4.78 is 36.6. The van der Waals surface area contributed by atoms with E-state index in [1.165, 1.54) is 23.3 Å². The quantitative estimate of drug-likeness (QED) is 0.733. The third-order valence-electron chi connectivity index (χ3n) is 1.57. The molecule has 0 aliphatic heterocycles. The second-order valence-corrected chi connectivity index (χ2v) is 4.91. The van der Waals surface area contributed by atoms with Gasteiger partial charge >= 0.3 is 6.98 Å². The summed E-state index contributed by atoms with van der Waals surface area (Å²) in [6.07, 6.45) is -0.838. The number of nitrogens with zero attached hydrogens (tertiary/aromatic N) is 1. The first-order valence-corrected chi connectivity index (χ1v) is 5.20. The fourth-order valence-corrected chi connectivity index (χ4v) is 2.29. The predicted octanol–water partition coefficient (Wildman–Crippen LogP) is 3.22. The average Bonchev–Trinajstić information content (AvgIpc) is 2.30. The van der Waals surface area contributed by atoms with Gasteiger partial charge in [0.1, 0.15) is 0 Å². The third-order valence-corrected chi connectivity index (χ3v) is 2.79. The Labute approximate surface area is 89.5 Å². The van der Waals surface area contributed by atoms with Gasteiger partial charge in [0.25, 0.3) is 0 Å². The molecule has 0 atom stereocenters. The Bertz CT molecular complexity index is 301. The van der Waals surface area contributed by atoms with Crippen molar-refractivity contribution in [2.24, 2.45) is 0 Å². The van der Waals surface area contributed by atoms with Crippen LogP contribution in [0.3, 0.4) is 0 Å². The highest BCUT2D eigenvalue weighted by atomic mass is 35.5. The molecule has 1 rings (SSSR count). The van der Waals surface area contributed by atoms with Crippen LogP contribution in [-0.4, -0.2) is 25.4 Å². The van der Waals surface area contributed by atoms with Crippen LogP contribution in [0.1, 0.15) is 4.88 Å². The summed E-state index contributed by atoms with van der Waals surface area (Å²) in [6.45, 7) is -4.45. The lowest BCUT2D eigenvalue weighted by atomic mass is 9.91. The van der Waals surface area contributed by atoms with Crippen molar-refractivity contribution in [1.29, 1.82) is 0 Å². The third kappa shape index (κ3) is 4.35. The molecule has 1 nitrogen and oxygen atoms in total. The lowest BCUT2D eigenvalue weighted by molar-refractivity contribution is 0.325. The van der Waals surface area contributed by atoms with Crippen LogP contribution in [0, 0.1) is 0 Å². The topological polar surface area (TPSA) is 3.24 Å². The largest absolute Gasteiger partial charge is 0.492 e. The van der Waals surface area contributed by atoms with Crippen molar-refractivity contribution >= 4 is 29.9 Å². The molecule has 14 heavy (non-hydrogen) atoms. The Hall–Kier alpha value is -0.195. The highest BCUT2D eigenvalue weighted by molar-refractivity contribution is 7.16. The summed E-state index contributed by atoms with van der Waals surface area (Å²) in [5.74, 6) is 0. The van der Waals surface area contributed by atoms with E-state index in [4.69, 9.17) is 11.6 Å². The SMILES string of the molecule is CN(Cc1ccc(Cl)s1)C[B-](F)(F)F. The number of hydrogen-bond acceptors (Lipinski definition) is 2. The van der Waals surface area contributed by atoms with E-state index in [1.807, 2.05) is 0 Å². The van der Waals surface area contributed by atoms with Gasteiger partial charge in [-0.1, -0.05) is 11.6 Å². The standard InChI is InChI=1S/C7H9BClF3NS/c1-13(5-8(10,11)12)4-6-2-3-7(9)14-6/h2-3H,4-5H2,1H3/q-1. The first-order valence-electron chi connectivity index (χ1n) is 4.00. The summed E-state index contributed by atoms with van der Waals surface area (Å²) in [5.41, 5.74) is 0. The molecule has 1 aromatic rings. The Balaban J connectivity index is 2.45. The Morgan fingerprint density at radius 3 is 2.50 bits per heavy atom. The van der Waals surface area contributed by atoms with Crippen molar-refractivity contribution < 1.29 is 12.9 Å². The molecule has 0 N–H and O–H groups in total. The fraction of sp³-hybridized carbons (Fsp3) is 0.429. The van der Waals surface area contributed by atoms with Gasteiger partial charge in [-0.15, -0.1) is 11.3 Å². The summed E-state index contributed by atoms with van der Waals surface area (Å²) >= 11 is 6.96. The van der Waals surface area contributed by atoms with Crippen LogP contribution < -0.4 is 0 Å². The molecule has 0 fully saturated rings. The van der Waals surface area contributed by atoms with Gasteiger partial charge in [0.05, 0.1) is 4.34 Å². The smallest absolute Gasteiger partial charge is 0.448 e. The summed E-state index contributed by atoms with van der Waals surface area (Å²) in [5, 5.41) is 0. The van der Waals surface area contributed by atoms with E-state index in [1.54, 1.807) is 12.1 Å². The molecule has 0 aliphatic carbocycles. The zero-order valence-electron chi connectivity index (χ0n) is 7.51. The molecule has 0 aliphatic rings. The molecule has 0 saturated carbocycles. The monoisotopic (exact) mass is 242 g/mol. The van der Waals surface area contributed by atoms with Gasteiger partial charge in [-0.25, -0.2) is 0 Å². The van der Waals surface area contributed by atoms with E-state index >= 15 is 0 Å². The number of thiophene rings is 1. The van der Waals surface area contributed by atoms with Crippen LogP contribution in [0.2, 0.25) is 4.34 Å². The van der Waals surface area contributed by atoms with E-state index < -0.39 is 13.4 Å². The van der Waals surface area contributed by atoms with Crippen molar-refractivity contribution in [3.63, 3.8) is 0 Å². The second kappa shape index (κ2) is 4.55. The van der Waals surface area contributed by atoms with Gasteiger partial charge in [0.2, 0.25) is 0 Å². The van der Waals surface area contributed by atoms with Crippen molar-refractivity contribution in [2.75, 3.05) is 13.5 Å². The Morgan fingerprint density at radius 1 is 1.43 bits per heavy atom. The van der Waals surface area contributed by atoms with E-state index in [9.17, 15) is 12.9 Å².